The zero-order valence-electron chi connectivity index (χ0n) is 56.5. The van der Waals surface area contributed by atoms with Crippen LogP contribution in [0.2, 0.25) is 0 Å². The topological polar surface area (TPSA) is 9.86 Å². The normalized spacial score (nSPS) is 21.8. The summed E-state index contributed by atoms with van der Waals surface area (Å²) in [5.74, 6) is 0. The molecule has 0 saturated carbocycles. The van der Waals surface area contributed by atoms with E-state index >= 15 is 0 Å². The van der Waals surface area contributed by atoms with Crippen LogP contribution in [0.4, 0.5) is 0 Å². The van der Waals surface area contributed by atoms with E-state index in [1.54, 1.807) is 60.7 Å². The van der Waals surface area contributed by atoms with Crippen molar-refractivity contribution in [1.82, 2.24) is 9.13 Å². The minimum atomic E-state index is -0.630. The molecule has 444 valence electrons. The number of nitrogens with zero attached hydrogens (tertiary/aromatic N) is 2. The standard InChI is InChI=1S/C85H91BN2/c1-76(2,3)47-30-28-46(29-31-47)50-42-57-73-70-71(50)87-61-33-32-53-66(81(12,13)38-34-77(53,4)5)62(61)63-68-55(79(8,9)36-40-83(68,16)17)44-59(74(63)87)86(70)60-45-56-69(84(18,19)41-37-80(56,10)11)65-64-67-54(78(6,7)35-39-82(67,14)15)43-58(72(64)88(73)75(60)65)85(57)51-26-22-20-24-48(51)49-25-21-23-27-52(49)85/h20-33,42-45H,34-41H2,1-19H3. The molecule has 3 aliphatic heterocycles. The first-order chi connectivity index (χ1) is 41.3. The molecule has 2 aromatic heterocycles. The average Bonchev–Trinajstić information content (AvgIpc) is 1.41. The van der Waals surface area contributed by atoms with E-state index in [9.17, 15) is 0 Å². The molecule has 10 aromatic rings. The van der Waals surface area contributed by atoms with E-state index in [1.807, 2.05) is 0 Å². The second-order valence-electron chi connectivity index (χ2n) is 36.1. The van der Waals surface area contributed by atoms with Gasteiger partial charge in [0.05, 0.1) is 22.1 Å². The molecule has 0 radical (unpaired) electrons. The van der Waals surface area contributed by atoms with Crippen LogP contribution in [-0.2, 0) is 54.1 Å². The Kier molecular flexibility index (Phi) is 9.85. The van der Waals surface area contributed by atoms with E-state index in [4.69, 9.17) is 0 Å². The van der Waals surface area contributed by atoms with Gasteiger partial charge in [-0.05, 0) is 218 Å². The SMILES string of the molecule is CC(C)(C)c1ccc(-c2cc3c4c5c2-n2c6ccc7c(c6c6c8c(cc(c62)B5c2cc5c(c6c9c%10c(cc(c9n-4c26)C32c3ccccc3-c3ccccc32)C(C)(C)CCC%10(C)C)C(C)(C)CCC5(C)C)C(C)(C)CCC8(C)C)C(C)(C)CCC7(C)C)cc1. The monoisotopic (exact) mass is 1150 g/mol. The third-order valence-corrected chi connectivity index (χ3v) is 26.2. The molecule has 88 heavy (non-hydrogen) atoms. The number of benzene rings is 8. The van der Waals surface area contributed by atoms with E-state index in [0.29, 0.717) is 0 Å². The molecule has 0 unspecified atom stereocenters. The van der Waals surface area contributed by atoms with Crippen molar-refractivity contribution < 1.29 is 0 Å². The quantitative estimate of drug-likeness (QED) is 0.145. The van der Waals surface area contributed by atoms with Crippen molar-refractivity contribution in [2.45, 2.75) is 237 Å². The van der Waals surface area contributed by atoms with E-state index in [-0.39, 0.29) is 55.4 Å². The molecule has 3 heteroatoms. The Labute approximate surface area is 525 Å². The van der Waals surface area contributed by atoms with Gasteiger partial charge in [0.1, 0.15) is 0 Å². The predicted molar refractivity (Wildman–Crippen MR) is 376 cm³/mol. The highest BCUT2D eigenvalue weighted by Gasteiger charge is 2.59. The van der Waals surface area contributed by atoms with Crippen LogP contribution in [0.15, 0.2) is 109 Å². The molecular weight excluding hydrogens is 1060 g/mol. The van der Waals surface area contributed by atoms with Gasteiger partial charge in [-0.3, -0.25) is 0 Å². The molecule has 1 spiro atoms. The van der Waals surface area contributed by atoms with Crippen molar-refractivity contribution in [3.63, 3.8) is 0 Å². The van der Waals surface area contributed by atoms with Crippen LogP contribution in [0, 0.1) is 0 Å². The summed E-state index contributed by atoms with van der Waals surface area (Å²) < 4.78 is 5.95. The summed E-state index contributed by atoms with van der Waals surface area (Å²) in [4.78, 5) is 0. The lowest BCUT2D eigenvalue weighted by molar-refractivity contribution is 0.333. The molecule has 0 bridgehead atoms. The molecule has 8 aromatic carbocycles. The van der Waals surface area contributed by atoms with Gasteiger partial charge in [0.25, 0.3) is 6.71 Å². The lowest BCUT2D eigenvalue weighted by Gasteiger charge is -2.48. The summed E-state index contributed by atoms with van der Waals surface area (Å²) in [6.07, 6.45) is 9.33. The Bertz CT molecular complexity index is 4890. The van der Waals surface area contributed by atoms with Gasteiger partial charge in [-0.15, -0.1) is 0 Å². The van der Waals surface area contributed by atoms with Crippen molar-refractivity contribution in [1.29, 1.82) is 0 Å². The summed E-state index contributed by atoms with van der Waals surface area (Å²) in [7, 11) is 0. The molecule has 0 amide bonds. The van der Waals surface area contributed by atoms with Gasteiger partial charge in [0.15, 0.2) is 0 Å². The highest BCUT2D eigenvalue weighted by Crippen LogP contribution is 2.67. The van der Waals surface area contributed by atoms with Gasteiger partial charge in [-0.1, -0.05) is 229 Å². The van der Waals surface area contributed by atoms with Crippen molar-refractivity contribution in [2.24, 2.45) is 0 Å². The first-order valence-corrected chi connectivity index (χ1v) is 34.2. The van der Waals surface area contributed by atoms with Crippen LogP contribution >= 0.6 is 0 Å². The van der Waals surface area contributed by atoms with Crippen LogP contribution < -0.4 is 16.4 Å². The predicted octanol–water partition coefficient (Wildman–Crippen LogP) is 20.1. The minimum Gasteiger partial charge on any atom is -0.310 e. The molecule has 0 fully saturated rings. The first kappa shape index (κ1) is 54.4. The maximum absolute atomic E-state index is 3.00. The largest absolute Gasteiger partial charge is 0.310 e. The van der Waals surface area contributed by atoms with Gasteiger partial charge >= 0.3 is 0 Å². The van der Waals surface area contributed by atoms with Gasteiger partial charge in [-0.2, -0.15) is 0 Å². The summed E-state index contributed by atoms with van der Waals surface area (Å²) in [5.41, 5.74) is 37.6. The summed E-state index contributed by atoms with van der Waals surface area (Å²) in [6.45, 7) is 48.7. The molecule has 0 N–H and O–H groups in total. The molecule has 0 atom stereocenters. The Morgan fingerprint density at radius 1 is 0.341 bits per heavy atom. The van der Waals surface area contributed by atoms with E-state index in [1.165, 1.54) is 131 Å². The fraction of sp³-hybridized carbons (Fsp3) is 0.435. The number of aromatic nitrogens is 2. The van der Waals surface area contributed by atoms with E-state index in [2.05, 4.69) is 250 Å². The van der Waals surface area contributed by atoms with Crippen molar-refractivity contribution in [3.05, 3.63) is 182 Å². The Hall–Kier alpha value is -6.58. The second-order valence-corrected chi connectivity index (χ2v) is 36.1. The Morgan fingerprint density at radius 2 is 0.761 bits per heavy atom. The number of hydrogen-bond donors (Lipinski definition) is 0. The van der Waals surface area contributed by atoms with Gasteiger partial charge in [-0.25, -0.2) is 0 Å². The second kappa shape index (κ2) is 15.9. The highest BCUT2D eigenvalue weighted by molar-refractivity contribution is 7.00. The zero-order chi connectivity index (χ0) is 61.4. The van der Waals surface area contributed by atoms with Crippen molar-refractivity contribution >= 4 is 66.7 Å². The number of hydrogen-bond acceptors (Lipinski definition) is 0. The van der Waals surface area contributed by atoms with Crippen LogP contribution in [0.5, 0.6) is 0 Å². The molecule has 8 aliphatic rings. The van der Waals surface area contributed by atoms with Crippen LogP contribution in [0.3, 0.4) is 0 Å². The number of fused-ring (bicyclic) bond motifs is 22. The van der Waals surface area contributed by atoms with Gasteiger partial charge < -0.3 is 9.13 Å². The van der Waals surface area contributed by atoms with E-state index < -0.39 is 5.41 Å². The lowest BCUT2D eigenvalue weighted by Crippen LogP contribution is -2.61. The molecule has 5 heterocycles. The summed E-state index contributed by atoms with van der Waals surface area (Å²) in [6, 6.07) is 46.0. The van der Waals surface area contributed by atoms with Gasteiger partial charge in [0.2, 0.25) is 0 Å². The fourth-order valence-electron chi connectivity index (χ4n) is 21.0. The third kappa shape index (κ3) is 6.21. The van der Waals surface area contributed by atoms with E-state index in [0.717, 1.165) is 25.7 Å². The lowest BCUT2D eigenvalue weighted by atomic mass is 9.33. The van der Waals surface area contributed by atoms with Crippen LogP contribution in [0.1, 0.15) is 255 Å². The van der Waals surface area contributed by atoms with Crippen LogP contribution in [-0.4, -0.2) is 15.8 Å². The zero-order valence-corrected chi connectivity index (χ0v) is 56.5. The third-order valence-electron chi connectivity index (χ3n) is 26.2. The molecule has 0 saturated heterocycles. The first-order valence-electron chi connectivity index (χ1n) is 34.2. The summed E-state index contributed by atoms with van der Waals surface area (Å²) in [5, 5.41) is 6.22. The maximum Gasteiger partial charge on any atom is 0.252 e. The smallest absolute Gasteiger partial charge is 0.252 e. The van der Waals surface area contributed by atoms with Gasteiger partial charge in [0, 0.05) is 43.8 Å². The van der Waals surface area contributed by atoms with Crippen molar-refractivity contribution in [2.75, 3.05) is 0 Å². The van der Waals surface area contributed by atoms with Crippen LogP contribution in [0.25, 0.3) is 77.2 Å². The fourth-order valence-corrected chi connectivity index (χ4v) is 21.0. The molecule has 5 aliphatic carbocycles. The highest BCUT2D eigenvalue weighted by atomic mass is 15.1. The Balaban J connectivity index is 1.18. The molecule has 18 rings (SSSR count). The molecular formula is C85H91BN2. The maximum atomic E-state index is 3.00. The Morgan fingerprint density at radius 3 is 1.26 bits per heavy atom. The van der Waals surface area contributed by atoms with Crippen molar-refractivity contribution in [3.8, 4) is 33.6 Å². The minimum absolute atomic E-state index is 0.00367. The molecule has 2 nitrogen and oxygen atoms in total. The summed E-state index contributed by atoms with van der Waals surface area (Å²) >= 11 is 0. The number of rotatable bonds is 1. The average molecular weight is 1150 g/mol.